The van der Waals surface area contributed by atoms with E-state index in [0.29, 0.717) is 6.54 Å². The Morgan fingerprint density at radius 1 is 1.47 bits per heavy atom. The van der Waals surface area contributed by atoms with Crippen molar-refractivity contribution in [2.45, 2.75) is 25.6 Å². The highest BCUT2D eigenvalue weighted by atomic mass is 16.3. The fourth-order valence-electron chi connectivity index (χ4n) is 1.72. The summed E-state index contributed by atoms with van der Waals surface area (Å²) in [7, 11) is 0. The molecule has 0 amide bonds. The second-order valence-electron chi connectivity index (χ2n) is 3.94. The molecule has 1 saturated heterocycles. The Balaban J connectivity index is 1.65. The van der Waals surface area contributed by atoms with Crippen LogP contribution in [0.15, 0.2) is 6.20 Å². The summed E-state index contributed by atoms with van der Waals surface area (Å²) in [6.45, 7) is 3.93. The molecule has 0 aromatic carbocycles. The third-order valence-corrected chi connectivity index (χ3v) is 2.59. The van der Waals surface area contributed by atoms with E-state index in [4.69, 9.17) is 10.8 Å². The van der Waals surface area contributed by atoms with E-state index in [-0.39, 0.29) is 6.10 Å². The topological polar surface area (TPSA) is 80.2 Å². The highest BCUT2D eigenvalue weighted by Gasteiger charge is 2.23. The fourth-order valence-corrected chi connectivity index (χ4v) is 1.72. The number of aliphatic hydroxyl groups is 1. The van der Waals surface area contributed by atoms with E-state index in [0.717, 1.165) is 38.3 Å². The minimum atomic E-state index is -0.111. The summed E-state index contributed by atoms with van der Waals surface area (Å²) in [5, 5.41) is 17.0. The van der Waals surface area contributed by atoms with Crippen molar-refractivity contribution >= 4 is 0 Å². The summed E-state index contributed by atoms with van der Waals surface area (Å²) in [6.07, 6.45) is 2.80. The maximum Gasteiger partial charge on any atom is 0.0962 e. The molecular formula is C9H17N5O. The average Bonchev–Trinajstić information content (AvgIpc) is 2.63. The molecule has 0 atom stereocenters. The highest BCUT2D eigenvalue weighted by molar-refractivity contribution is 4.90. The first kappa shape index (κ1) is 10.5. The summed E-state index contributed by atoms with van der Waals surface area (Å²) in [6, 6.07) is 0. The van der Waals surface area contributed by atoms with Crippen LogP contribution in [0.2, 0.25) is 0 Å². The van der Waals surface area contributed by atoms with Gasteiger partial charge in [-0.1, -0.05) is 5.21 Å². The van der Waals surface area contributed by atoms with Gasteiger partial charge in [0.2, 0.25) is 0 Å². The maximum absolute atomic E-state index is 9.09. The molecule has 0 unspecified atom stereocenters. The van der Waals surface area contributed by atoms with Crippen LogP contribution < -0.4 is 5.73 Å². The normalized spacial score (nSPS) is 18.0. The number of hydrogen-bond acceptors (Lipinski definition) is 5. The van der Waals surface area contributed by atoms with E-state index in [2.05, 4.69) is 15.2 Å². The van der Waals surface area contributed by atoms with Gasteiger partial charge in [-0.25, -0.2) is 0 Å². The lowest BCUT2D eigenvalue weighted by Crippen LogP contribution is -2.50. The third-order valence-electron chi connectivity index (χ3n) is 2.59. The zero-order valence-electron chi connectivity index (χ0n) is 8.71. The van der Waals surface area contributed by atoms with E-state index >= 15 is 0 Å². The second kappa shape index (κ2) is 4.69. The fraction of sp³-hybridized carbons (Fsp3) is 0.778. The number of likely N-dealkylation sites (tertiary alicyclic amines) is 1. The van der Waals surface area contributed by atoms with E-state index in [1.54, 1.807) is 0 Å². The van der Waals surface area contributed by atoms with E-state index in [1.807, 2.05) is 10.9 Å². The number of rotatable bonds is 5. The van der Waals surface area contributed by atoms with Crippen molar-refractivity contribution in [2.75, 3.05) is 19.6 Å². The zero-order valence-corrected chi connectivity index (χ0v) is 8.71. The molecular weight excluding hydrogens is 194 g/mol. The number of nitrogens with two attached hydrogens (primary N) is 1. The molecule has 0 spiro atoms. The lowest BCUT2D eigenvalue weighted by Gasteiger charge is -2.35. The van der Waals surface area contributed by atoms with Gasteiger partial charge in [0, 0.05) is 38.9 Å². The van der Waals surface area contributed by atoms with Crippen molar-refractivity contribution in [1.82, 2.24) is 19.9 Å². The van der Waals surface area contributed by atoms with Crippen molar-refractivity contribution < 1.29 is 5.11 Å². The number of β-amino-alcohol motifs (C(OH)–C–C–N with tert-alkyl or cyclic N) is 1. The lowest BCUT2D eigenvalue weighted by atomic mass is 10.1. The van der Waals surface area contributed by atoms with Gasteiger partial charge < -0.3 is 10.8 Å². The van der Waals surface area contributed by atoms with Crippen molar-refractivity contribution in [3.05, 3.63) is 11.9 Å². The van der Waals surface area contributed by atoms with Crippen molar-refractivity contribution in [3.8, 4) is 0 Å². The molecule has 2 rings (SSSR count). The van der Waals surface area contributed by atoms with Crippen LogP contribution >= 0.6 is 0 Å². The number of nitrogens with zero attached hydrogens (tertiary/aromatic N) is 4. The van der Waals surface area contributed by atoms with E-state index in [1.165, 1.54) is 0 Å². The number of hydrogen-bond donors (Lipinski definition) is 2. The van der Waals surface area contributed by atoms with Crippen LogP contribution in [-0.4, -0.2) is 50.7 Å². The molecule has 1 aliphatic rings. The highest BCUT2D eigenvalue weighted by Crippen LogP contribution is 2.07. The Kier molecular flexibility index (Phi) is 3.30. The predicted molar refractivity (Wildman–Crippen MR) is 55.0 cm³/mol. The smallest absolute Gasteiger partial charge is 0.0962 e. The molecule has 1 aliphatic heterocycles. The number of aromatic nitrogens is 3. The van der Waals surface area contributed by atoms with Gasteiger partial charge in [-0.05, 0) is 6.42 Å². The monoisotopic (exact) mass is 211 g/mol. The number of aryl methyl sites for hydroxylation is 1. The van der Waals surface area contributed by atoms with Gasteiger partial charge in [0.15, 0.2) is 0 Å². The molecule has 6 nitrogen and oxygen atoms in total. The van der Waals surface area contributed by atoms with Gasteiger partial charge >= 0.3 is 0 Å². The first-order valence-corrected chi connectivity index (χ1v) is 5.27. The third kappa shape index (κ3) is 2.74. The van der Waals surface area contributed by atoms with Crippen LogP contribution in [0.25, 0.3) is 0 Å². The van der Waals surface area contributed by atoms with Gasteiger partial charge in [-0.2, -0.15) is 0 Å². The standard InChI is InChI=1S/C9H17N5O/c10-4-8-5-14(12-11-8)3-1-2-13-6-9(15)7-13/h5,9,15H,1-4,6-7,10H2. The minimum absolute atomic E-state index is 0.111. The van der Waals surface area contributed by atoms with Gasteiger partial charge in [0.1, 0.15) is 0 Å². The summed E-state index contributed by atoms with van der Waals surface area (Å²) >= 11 is 0. The predicted octanol–water partition coefficient (Wildman–Crippen LogP) is -1.20. The molecule has 0 aliphatic carbocycles. The SMILES string of the molecule is NCc1cn(CCCN2CC(O)C2)nn1. The average molecular weight is 211 g/mol. The Hall–Kier alpha value is -0.980. The van der Waals surface area contributed by atoms with Crippen LogP contribution in [0.4, 0.5) is 0 Å². The van der Waals surface area contributed by atoms with Crippen LogP contribution in [0.1, 0.15) is 12.1 Å². The van der Waals surface area contributed by atoms with Gasteiger partial charge in [0.25, 0.3) is 0 Å². The zero-order chi connectivity index (χ0) is 10.7. The first-order valence-electron chi connectivity index (χ1n) is 5.27. The van der Waals surface area contributed by atoms with Crippen molar-refractivity contribution in [2.24, 2.45) is 5.73 Å². The van der Waals surface area contributed by atoms with Crippen molar-refractivity contribution in [1.29, 1.82) is 0 Å². The van der Waals surface area contributed by atoms with Crippen LogP contribution in [-0.2, 0) is 13.1 Å². The van der Waals surface area contributed by atoms with Crippen LogP contribution in [0.5, 0.6) is 0 Å². The van der Waals surface area contributed by atoms with Gasteiger partial charge in [-0.3, -0.25) is 9.58 Å². The molecule has 15 heavy (non-hydrogen) atoms. The summed E-state index contributed by atoms with van der Waals surface area (Å²) in [5.74, 6) is 0. The van der Waals surface area contributed by atoms with Gasteiger partial charge in [-0.15, -0.1) is 5.10 Å². The molecule has 0 saturated carbocycles. The van der Waals surface area contributed by atoms with E-state index < -0.39 is 0 Å². The quantitative estimate of drug-likeness (QED) is 0.639. The summed E-state index contributed by atoms with van der Waals surface area (Å²) in [5.41, 5.74) is 6.26. The molecule has 84 valence electrons. The Labute approximate surface area is 88.7 Å². The summed E-state index contributed by atoms with van der Waals surface area (Å²) < 4.78 is 1.82. The Bertz CT molecular complexity index is 307. The van der Waals surface area contributed by atoms with Crippen molar-refractivity contribution in [3.63, 3.8) is 0 Å². The first-order chi connectivity index (χ1) is 7.28. The van der Waals surface area contributed by atoms with E-state index in [9.17, 15) is 0 Å². The molecule has 6 heteroatoms. The molecule has 2 heterocycles. The lowest BCUT2D eigenvalue weighted by molar-refractivity contribution is 0.00110. The summed E-state index contributed by atoms with van der Waals surface area (Å²) in [4.78, 5) is 2.23. The van der Waals surface area contributed by atoms with Gasteiger partial charge in [0.05, 0.1) is 11.8 Å². The minimum Gasteiger partial charge on any atom is -0.390 e. The number of aliphatic hydroxyl groups excluding tert-OH is 1. The maximum atomic E-state index is 9.09. The largest absolute Gasteiger partial charge is 0.390 e. The van der Waals surface area contributed by atoms with Crippen LogP contribution in [0.3, 0.4) is 0 Å². The molecule has 1 fully saturated rings. The molecule has 0 radical (unpaired) electrons. The molecule has 3 N–H and O–H groups in total. The molecule has 1 aromatic rings. The Morgan fingerprint density at radius 2 is 2.27 bits per heavy atom. The molecule has 0 bridgehead atoms. The second-order valence-corrected chi connectivity index (χ2v) is 3.94. The Morgan fingerprint density at radius 3 is 2.87 bits per heavy atom. The molecule has 1 aromatic heterocycles. The van der Waals surface area contributed by atoms with Crippen LogP contribution in [0, 0.1) is 0 Å².